The second kappa shape index (κ2) is 4.74. The monoisotopic (exact) mass is 284 g/mol. The molecular formula is C11H13BrN2O2. The molecule has 1 heterocycles. The molecular weight excluding hydrogens is 272 g/mol. The van der Waals surface area contributed by atoms with Gasteiger partial charge in [0.05, 0.1) is 12.6 Å². The Morgan fingerprint density at radius 3 is 3.00 bits per heavy atom. The van der Waals surface area contributed by atoms with Gasteiger partial charge in [-0.25, -0.2) is 4.79 Å². The van der Waals surface area contributed by atoms with E-state index in [0.717, 1.165) is 15.8 Å². The second-order valence-electron chi connectivity index (χ2n) is 3.52. The van der Waals surface area contributed by atoms with Crippen LogP contribution in [0.2, 0.25) is 0 Å². The van der Waals surface area contributed by atoms with Crippen molar-refractivity contribution >= 4 is 22.0 Å². The average Bonchev–Trinajstić information content (AvgIpc) is 2.68. The molecule has 1 aromatic carbocycles. The SMILES string of the molecule is CCOc1ccc(Br)cc1[C@@H]1CNC(=O)N1. The Morgan fingerprint density at radius 2 is 2.38 bits per heavy atom. The van der Waals surface area contributed by atoms with Crippen molar-refractivity contribution in [2.45, 2.75) is 13.0 Å². The van der Waals surface area contributed by atoms with E-state index in [1.54, 1.807) is 0 Å². The molecule has 0 aliphatic carbocycles. The Morgan fingerprint density at radius 1 is 1.56 bits per heavy atom. The number of ether oxygens (including phenoxy) is 1. The Hall–Kier alpha value is -1.23. The van der Waals surface area contributed by atoms with Crippen LogP contribution in [0.15, 0.2) is 22.7 Å². The van der Waals surface area contributed by atoms with Crippen LogP contribution in [0.4, 0.5) is 4.79 Å². The molecule has 1 saturated heterocycles. The van der Waals surface area contributed by atoms with Crippen LogP contribution >= 0.6 is 15.9 Å². The zero-order chi connectivity index (χ0) is 11.5. The molecule has 2 amide bonds. The van der Waals surface area contributed by atoms with E-state index >= 15 is 0 Å². The van der Waals surface area contributed by atoms with E-state index < -0.39 is 0 Å². The first kappa shape index (κ1) is 11.3. The van der Waals surface area contributed by atoms with Gasteiger partial charge in [-0.3, -0.25) is 0 Å². The summed E-state index contributed by atoms with van der Waals surface area (Å²) >= 11 is 3.42. The molecule has 0 saturated carbocycles. The lowest BCUT2D eigenvalue weighted by Crippen LogP contribution is -2.22. The summed E-state index contributed by atoms with van der Waals surface area (Å²) in [4.78, 5) is 11.1. The van der Waals surface area contributed by atoms with Crippen molar-refractivity contribution in [3.63, 3.8) is 0 Å². The minimum absolute atomic E-state index is 0.0217. The zero-order valence-electron chi connectivity index (χ0n) is 8.92. The average molecular weight is 285 g/mol. The molecule has 0 spiro atoms. The standard InChI is InChI=1S/C11H13BrN2O2/c1-2-16-10-4-3-7(12)5-8(10)9-6-13-11(15)14-9/h3-5,9H,2,6H2,1H3,(H2,13,14,15)/t9-/m0/s1. The summed E-state index contributed by atoms with van der Waals surface area (Å²) in [5.74, 6) is 0.819. The van der Waals surface area contributed by atoms with Gasteiger partial charge in [0.2, 0.25) is 0 Å². The van der Waals surface area contributed by atoms with Gasteiger partial charge in [0, 0.05) is 16.6 Å². The Kier molecular flexibility index (Phi) is 3.33. The van der Waals surface area contributed by atoms with Crippen molar-refractivity contribution in [2.75, 3.05) is 13.2 Å². The van der Waals surface area contributed by atoms with Gasteiger partial charge in [-0.05, 0) is 25.1 Å². The smallest absolute Gasteiger partial charge is 0.315 e. The maximum Gasteiger partial charge on any atom is 0.315 e. The quantitative estimate of drug-likeness (QED) is 0.894. The Labute approximate surface area is 102 Å². The van der Waals surface area contributed by atoms with Crippen molar-refractivity contribution in [3.8, 4) is 5.75 Å². The van der Waals surface area contributed by atoms with Crippen LogP contribution in [0, 0.1) is 0 Å². The summed E-state index contributed by atoms with van der Waals surface area (Å²) < 4.78 is 6.52. The van der Waals surface area contributed by atoms with E-state index in [1.807, 2.05) is 25.1 Å². The molecule has 1 fully saturated rings. The summed E-state index contributed by atoms with van der Waals surface area (Å²) in [5.41, 5.74) is 0.995. The number of benzene rings is 1. The minimum Gasteiger partial charge on any atom is -0.494 e. The lowest BCUT2D eigenvalue weighted by molar-refractivity contribution is 0.247. The van der Waals surface area contributed by atoms with Crippen LogP contribution in [0.5, 0.6) is 5.75 Å². The largest absolute Gasteiger partial charge is 0.494 e. The molecule has 16 heavy (non-hydrogen) atoms. The lowest BCUT2D eigenvalue weighted by atomic mass is 10.1. The van der Waals surface area contributed by atoms with E-state index in [1.165, 1.54) is 0 Å². The summed E-state index contributed by atoms with van der Waals surface area (Å²) in [5, 5.41) is 5.58. The number of carbonyl (C=O) groups is 1. The first-order chi connectivity index (χ1) is 7.70. The van der Waals surface area contributed by atoms with Crippen molar-refractivity contribution in [1.29, 1.82) is 0 Å². The van der Waals surface area contributed by atoms with E-state index in [2.05, 4.69) is 26.6 Å². The van der Waals surface area contributed by atoms with Crippen molar-refractivity contribution < 1.29 is 9.53 Å². The highest BCUT2D eigenvalue weighted by Gasteiger charge is 2.24. The summed E-state index contributed by atoms with van der Waals surface area (Å²) in [6, 6.07) is 5.66. The molecule has 4 nitrogen and oxygen atoms in total. The molecule has 0 bridgehead atoms. The number of nitrogens with one attached hydrogen (secondary N) is 2. The molecule has 1 aliphatic heterocycles. The van der Waals surface area contributed by atoms with Crippen LogP contribution in [0.1, 0.15) is 18.5 Å². The molecule has 2 rings (SSSR count). The normalized spacial score (nSPS) is 19.1. The second-order valence-corrected chi connectivity index (χ2v) is 4.44. The molecule has 0 aromatic heterocycles. The van der Waals surface area contributed by atoms with E-state index in [4.69, 9.17) is 4.74 Å². The molecule has 1 aromatic rings. The van der Waals surface area contributed by atoms with Crippen LogP contribution in [-0.4, -0.2) is 19.2 Å². The maximum atomic E-state index is 11.1. The fraction of sp³-hybridized carbons (Fsp3) is 0.364. The van der Waals surface area contributed by atoms with Crippen LogP contribution in [0.25, 0.3) is 0 Å². The molecule has 2 N–H and O–H groups in total. The van der Waals surface area contributed by atoms with Crippen LogP contribution < -0.4 is 15.4 Å². The van der Waals surface area contributed by atoms with Gasteiger partial charge in [-0.15, -0.1) is 0 Å². The number of hydrogen-bond acceptors (Lipinski definition) is 2. The molecule has 0 unspecified atom stereocenters. The number of carbonyl (C=O) groups excluding carboxylic acids is 1. The topological polar surface area (TPSA) is 50.4 Å². The summed E-state index contributed by atoms with van der Waals surface area (Å²) in [6.45, 7) is 3.15. The van der Waals surface area contributed by atoms with Crippen LogP contribution in [0.3, 0.4) is 0 Å². The summed E-state index contributed by atoms with van der Waals surface area (Å²) in [6.07, 6.45) is 0. The summed E-state index contributed by atoms with van der Waals surface area (Å²) in [7, 11) is 0. The van der Waals surface area contributed by atoms with Crippen molar-refractivity contribution in [1.82, 2.24) is 10.6 Å². The van der Waals surface area contributed by atoms with Gasteiger partial charge in [0.1, 0.15) is 5.75 Å². The predicted octanol–water partition coefficient (Wildman–Crippen LogP) is 2.20. The minimum atomic E-state index is -0.132. The molecule has 86 valence electrons. The number of halogens is 1. The van der Waals surface area contributed by atoms with E-state index in [-0.39, 0.29) is 12.1 Å². The van der Waals surface area contributed by atoms with Crippen molar-refractivity contribution in [3.05, 3.63) is 28.2 Å². The van der Waals surface area contributed by atoms with Crippen molar-refractivity contribution in [2.24, 2.45) is 0 Å². The Bertz CT molecular complexity index is 409. The molecule has 1 aliphatic rings. The third-order valence-electron chi connectivity index (χ3n) is 2.42. The fourth-order valence-electron chi connectivity index (χ4n) is 1.72. The van der Waals surface area contributed by atoms with Gasteiger partial charge in [0.25, 0.3) is 0 Å². The number of urea groups is 1. The van der Waals surface area contributed by atoms with Crippen LogP contribution in [-0.2, 0) is 0 Å². The predicted molar refractivity (Wildman–Crippen MR) is 64.6 cm³/mol. The highest BCUT2D eigenvalue weighted by Crippen LogP contribution is 2.29. The first-order valence-corrected chi connectivity index (χ1v) is 5.96. The maximum absolute atomic E-state index is 11.1. The molecule has 0 radical (unpaired) electrons. The molecule has 1 atom stereocenters. The molecule has 5 heteroatoms. The zero-order valence-corrected chi connectivity index (χ0v) is 10.5. The number of hydrogen-bond donors (Lipinski definition) is 2. The van der Waals surface area contributed by atoms with Gasteiger partial charge >= 0.3 is 6.03 Å². The number of rotatable bonds is 3. The Balaban J connectivity index is 2.29. The fourth-order valence-corrected chi connectivity index (χ4v) is 2.10. The third kappa shape index (κ3) is 2.29. The lowest BCUT2D eigenvalue weighted by Gasteiger charge is -2.15. The van der Waals surface area contributed by atoms with Gasteiger partial charge in [0.15, 0.2) is 0 Å². The van der Waals surface area contributed by atoms with Gasteiger partial charge < -0.3 is 15.4 Å². The highest BCUT2D eigenvalue weighted by molar-refractivity contribution is 9.10. The highest BCUT2D eigenvalue weighted by atomic mass is 79.9. The third-order valence-corrected chi connectivity index (χ3v) is 2.91. The van der Waals surface area contributed by atoms with E-state index in [0.29, 0.717) is 13.2 Å². The van der Waals surface area contributed by atoms with Gasteiger partial charge in [-0.2, -0.15) is 0 Å². The number of amides is 2. The van der Waals surface area contributed by atoms with E-state index in [9.17, 15) is 4.79 Å². The van der Waals surface area contributed by atoms with Gasteiger partial charge in [-0.1, -0.05) is 15.9 Å². The first-order valence-electron chi connectivity index (χ1n) is 5.17.